The number of ether oxygens (including phenoxy) is 2. The highest BCUT2D eigenvalue weighted by molar-refractivity contribution is 5.43. The predicted octanol–water partition coefficient (Wildman–Crippen LogP) is 3.44. The number of nitrogens with zero attached hydrogens (tertiary/aromatic N) is 1. The minimum Gasteiger partial charge on any atom is -0.493 e. The Morgan fingerprint density at radius 1 is 1.08 bits per heavy atom. The molecule has 0 amide bonds. The zero-order valence-electron chi connectivity index (χ0n) is 15.9. The molecule has 2 aromatic carbocycles. The van der Waals surface area contributed by atoms with Crippen LogP contribution in [0.4, 0.5) is 0 Å². The smallest absolute Gasteiger partial charge is 0.161 e. The van der Waals surface area contributed by atoms with Crippen molar-refractivity contribution < 1.29 is 14.6 Å². The van der Waals surface area contributed by atoms with Crippen LogP contribution >= 0.6 is 0 Å². The van der Waals surface area contributed by atoms with E-state index in [9.17, 15) is 5.11 Å². The number of likely N-dealkylation sites (tertiary alicyclic amines) is 1. The van der Waals surface area contributed by atoms with Crippen LogP contribution in [0.5, 0.6) is 11.5 Å². The largest absolute Gasteiger partial charge is 0.493 e. The number of benzene rings is 2. The van der Waals surface area contributed by atoms with Crippen LogP contribution in [0.1, 0.15) is 23.1 Å². The van der Waals surface area contributed by atoms with Crippen molar-refractivity contribution in [2.45, 2.75) is 32.5 Å². The molecule has 2 unspecified atom stereocenters. The van der Waals surface area contributed by atoms with E-state index >= 15 is 0 Å². The summed E-state index contributed by atoms with van der Waals surface area (Å²) in [6, 6.07) is 14.4. The first-order valence-electron chi connectivity index (χ1n) is 9.27. The Labute approximate surface area is 156 Å². The van der Waals surface area contributed by atoms with Crippen LogP contribution in [0.15, 0.2) is 42.5 Å². The second kappa shape index (κ2) is 8.56. The highest BCUT2D eigenvalue weighted by atomic mass is 16.5. The van der Waals surface area contributed by atoms with Gasteiger partial charge in [0.15, 0.2) is 11.5 Å². The molecule has 1 aliphatic heterocycles. The molecule has 1 saturated heterocycles. The number of hydrogen-bond donors (Lipinski definition) is 1. The quantitative estimate of drug-likeness (QED) is 0.862. The third kappa shape index (κ3) is 4.77. The highest BCUT2D eigenvalue weighted by Crippen LogP contribution is 2.31. The van der Waals surface area contributed by atoms with Crippen LogP contribution in [-0.2, 0) is 13.0 Å². The molecule has 3 rings (SSSR count). The Bertz CT molecular complexity index is 714. The molecule has 1 aliphatic rings. The highest BCUT2D eigenvalue weighted by Gasteiger charge is 2.26. The summed E-state index contributed by atoms with van der Waals surface area (Å²) >= 11 is 0. The second-order valence-corrected chi connectivity index (χ2v) is 7.34. The molecular formula is C22H29NO3. The van der Waals surface area contributed by atoms with Gasteiger partial charge in [0.2, 0.25) is 0 Å². The Morgan fingerprint density at radius 2 is 1.81 bits per heavy atom. The first kappa shape index (κ1) is 18.7. The zero-order chi connectivity index (χ0) is 18.5. The Kier molecular flexibility index (Phi) is 6.17. The van der Waals surface area contributed by atoms with Crippen LogP contribution in [0.3, 0.4) is 0 Å². The minimum absolute atomic E-state index is 0.227. The van der Waals surface area contributed by atoms with Gasteiger partial charge in [0.25, 0.3) is 0 Å². The maximum Gasteiger partial charge on any atom is 0.161 e. The molecule has 26 heavy (non-hydrogen) atoms. The van der Waals surface area contributed by atoms with Gasteiger partial charge in [0.1, 0.15) is 6.61 Å². The average molecular weight is 355 g/mol. The Hall–Kier alpha value is -2.04. The number of hydrogen-bond acceptors (Lipinski definition) is 4. The fourth-order valence-corrected chi connectivity index (χ4v) is 3.51. The third-order valence-corrected chi connectivity index (χ3v) is 5.14. The summed E-state index contributed by atoms with van der Waals surface area (Å²) < 4.78 is 11.5. The van der Waals surface area contributed by atoms with Crippen molar-refractivity contribution in [2.75, 3.05) is 27.2 Å². The van der Waals surface area contributed by atoms with E-state index in [0.29, 0.717) is 6.61 Å². The van der Waals surface area contributed by atoms with E-state index in [0.717, 1.165) is 43.0 Å². The van der Waals surface area contributed by atoms with Crippen molar-refractivity contribution in [3.05, 3.63) is 59.2 Å². The van der Waals surface area contributed by atoms with Gasteiger partial charge in [0, 0.05) is 19.0 Å². The van der Waals surface area contributed by atoms with Crippen molar-refractivity contribution in [2.24, 2.45) is 5.92 Å². The molecule has 1 fully saturated rings. The molecule has 0 spiro atoms. The molecule has 1 heterocycles. The van der Waals surface area contributed by atoms with Crippen LogP contribution < -0.4 is 9.47 Å². The summed E-state index contributed by atoms with van der Waals surface area (Å²) in [6.45, 7) is 4.48. The van der Waals surface area contributed by atoms with E-state index in [1.165, 1.54) is 11.1 Å². The summed E-state index contributed by atoms with van der Waals surface area (Å²) in [5.41, 5.74) is 3.55. The van der Waals surface area contributed by atoms with Gasteiger partial charge in [-0.3, -0.25) is 0 Å². The number of piperidine rings is 1. The summed E-state index contributed by atoms with van der Waals surface area (Å²) in [5, 5.41) is 10.3. The van der Waals surface area contributed by atoms with Gasteiger partial charge in [-0.15, -0.1) is 0 Å². The van der Waals surface area contributed by atoms with E-state index in [2.05, 4.69) is 49.2 Å². The van der Waals surface area contributed by atoms with Crippen molar-refractivity contribution in [3.63, 3.8) is 0 Å². The lowest BCUT2D eigenvalue weighted by Gasteiger charge is -2.34. The molecule has 2 atom stereocenters. The van der Waals surface area contributed by atoms with Gasteiger partial charge >= 0.3 is 0 Å². The lowest BCUT2D eigenvalue weighted by atomic mass is 9.89. The monoisotopic (exact) mass is 355 g/mol. The number of aliphatic hydroxyl groups is 1. The van der Waals surface area contributed by atoms with Crippen LogP contribution in [0, 0.1) is 12.8 Å². The topological polar surface area (TPSA) is 41.9 Å². The molecule has 0 aromatic heterocycles. The lowest BCUT2D eigenvalue weighted by Crippen LogP contribution is -2.41. The fourth-order valence-electron chi connectivity index (χ4n) is 3.51. The normalized spacial score (nSPS) is 20.8. The van der Waals surface area contributed by atoms with E-state index in [4.69, 9.17) is 9.47 Å². The van der Waals surface area contributed by atoms with Crippen LogP contribution in [-0.4, -0.2) is 43.4 Å². The van der Waals surface area contributed by atoms with Crippen LogP contribution in [0.25, 0.3) is 0 Å². The molecule has 0 bridgehead atoms. The molecule has 4 heteroatoms. The maximum atomic E-state index is 10.3. The standard InChI is InChI=1S/C22H29NO3/c1-16-4-6-17(7-5-16)15-26-21-9-8-18(13-22(21)25-3)12-19-14-23(2)11-10-20(19)24/h4-9,13,19-20,24H,10-12,14-15H2,1-3H3. The van der Waals surface area contributed by atoms with Crippen LogP contribution in [0.2, 0.25) is 0 Å². The molecule has 140 valence electrons. The summed E-state index contributed by atoms with van der Waals surface area (Å²) in [6.07, 6.45) is 1.46. The Balaban J connectivity index is 1.66. The van der Waals surface area contributed by atoms with Gasteiger partial charge < -0.3 is 19.5 Å². The van der Waals surface area contributed by atoms with Crippen molar-refractivity contribution >= 4 is 0 Å². The number of aryl methyl sites for hydroxylation is 1. The zero-order valence-corrected chi connectivity index (χ0v) is 15.9. The summed E-state index contributed by atoms with van der Waals surface area (Å²) in [7, 11) is 3.78. The van der Waals surface area contributed by atoms with Crippen molar-refractivity contribution in [3.8, 4) is 11.5 Å². The number of rotatable bonds is 6. The van der Waals surface area contributed by atoms with E-state index < -0.39 is 0 Å². The predicted molar refractivity (Wildman–Crippen MR) is 104 cm³/mol. The Morgan fingerprint density at radius 3 is 2.54 bits per heavy atom. The van der Waals surface area contributed by atoms with Crippen molar-refractivity contribution in [1.82, 2.24) is 4.90 Å². The second-order valence-electron chi connectivity index (χ2n) is 7.34. The van der Waals surface area contributed by atoms with E-state index in [1.807, 2.05) is 12.1 Å². The third-order valence-electron chi connectivity index (χ3n) is 5.14. The average Bonchev–Trinajstić information content (AvgIpc) is 2.65. The van der Waals surface area contributed by atoms with Gasteiger partial charge in [-0.25, -0.2) is 0 Å². The molecular weight excluding hydrogens is 326 g/mol. The summed E-state index contributed by atoms with van der Waals surface area (Å²) in [4.78, 5) is 2.29. The van der Waals surface area contributed by atoms with E-state index in [-0.39, 0.29) is 12.0 Å². The molecule has 1 N–H and O–H groups in total. The SMILES string of the molecule is COc1cc(CC2CN(C)CCC2O)ccc1OCc1ccc(C)cc1. The van der Waals surface area contributed by atoms with E-state index in [1.54, 1.807) is 7.11 Å². The van der Waals surface area contributed by atoms with Gasteiger partial charge in [-0.05, 0) is 50.1 Å². The lowest BCUT2D eigenvalue weighted by molar-refractivity contribution is 0.0366. The van der Waals surface area contributed by atoms with Gasteiger partial charge in [-0.1, -0.05) is 35.9 Å². The molecule has 0 radical (unpaired) electrons. The molecule has 0 aliphatic carbocycles. The summed E-state index contributed by atoms with van der Waals surface area (Å²) in [5.74, 6) is 1.75. The van der Waals surface area contributed by atoms with Crippen molar-refractivity contribution in [1.29, 1.82) is 0 Å². The van der Waals surface area contributed by atoms with Gasteiger partial charge in [0.05, 0.1) is 13.2 Å². The number of methoxy groups -OCH3 is 1. The first-order valence-corrected chi connectivity index (χ1v) is 9.27. The molecule has 0 saturated carbocycles. The first-order chi connectivity index (χ1) is 12.5. The van der Waals surface area contributed by atoms with Gasteiger partial charge in [-0.2, -0.15) is 0 Å². The molecule has 4 nitrogen and oxygen atoms in total. The molecule has 2 aromatic rings. The number of aliphatic hydroxyl groups excluding tert-OH is 1. The maximum absolute atomic E-state index is 10.3. The minimum atomic E-state index is -0.227. The fraction of sp³-hybridized carbons (Fsp3) is 0.455.